The summed E-state index contributed by atoms with van der Waals surface area (Å²) < 4.78 is 16.7. The Morgan fingerprint density at radius 3 is 1.97 bits per heavy atom. The molecule has 0 amide bonds. The smallest absolute Gasteiger partial charge is 0.310 e. The largest absolute Gasteiger partial charge is 0.493 e. The number of carboxylic acid groups (broad SMARTS) is 1. The third-order valence-electron chi connectivity index (χ3n) is 5.91. The van der Waals surface area contributed by atoms with E-state index in [0.717, 1.165) is 35.1 Å². The predicted molar refractivity (Wildman–Crippen MR) is 131 cm³/mol. The molecule has 0 aliphatic rings. The number of benzene rings is 3. The summed E-state index contributed by atoms with van der Waals surface area (Å²) in [5.74, 6) is 0.371. The lowest BCUT2D eigenvalue weighted by molar-refractivity contribution is -0.138. The Labute approximate surface area is 195 Å². The molecular weight excluding hydrogens is 416 g/mol. The van der Waals surface area contributed by atoms with Gasteiger partial charge in [0.05, 0.1) is 27.2 Å². The minimum absolute atomic E-state index is 0.506. The molecule has 0 bridgehead atoms. The molecule has 3 aromatic rings. The van der Waals surface area contributed by atoms with Crippen molar-refractivity contribution in [2.24, 2.45) is 0 Å². The fourth-order valence-corrected chi connectivity index (χ4v) is 4.35. The second kappa shape index (κ2) is 11.4. The Morgan fingerprint density at radius 2 is 1.45 bits per heavy atom. The van der Waals surface area contributed by atoms with E-state index in [1.165, 1.54) is 5.56 Å². The molecular formula is C28H32O5. The van der Waals surface area contributed by atoms with Crippen LogP contribution in [-0.2, 0) is 17.6 Å². The topological polar surface area (TPSA) is 65.0 Å². The molecule has 1 atom stereocenters. The number of carbonyl (C=O) groups is 1. The van der Waals surface area contributed by atoms with Crippen LogP contribution in [0.1, 0.15) is 42.4 Å². The van der Waals surface area contributed by atoms with Crippen molar-refractivity contribution in [1.29, 1.82) is 0 Å². The van der Waals surface area contributed by atoms with E-state index in [2.05, 4.69) is 25.1 Å². The summed E-state index contributed by atoms with van der Waals surface area (Å²) in [6.07, 6.45) is 3.06. The maximum absolute atomic E-state index is 12.0. The molecule has 0 saturated heterocycles. The number of aryl methyl sites for hydroxylation is 2. The van der Waals surface area contributed by atoms with Crippen LogP contribution in [0.5, 0.6) is 17.2 Å². The van der Waals surface area contributed by atoms with Gasteiger partial charge in [-0.25, -0.2) is 0 Å². The second-order valence-electron chi connectivity index (χ2n) is 7.96. The highest BCUT2D eigenvalue weighted by Crippen LogP contribution is 2.43. The van der Waals surface area contributed by atoms with Crippen LogP contribution in [0.3, 0.4) is 0 Å². The number of aliphatic carboxylic acids is 1. The average molecular weight is 449 g/mol. The minimum Gasteiger partial charge on any atom is -0.493 e. The second-order valence-corrected chi connectivity index (χ2v) is 7.96. The number of ether oxygens (including phenoxy) is 3. The summed E-state index contributed by atoms with van der Waals surface area (Å²) in [6, 6.07) is 19.6. The van der Waals surface area contributed by atoms with Gasteiger partial charge < -0.3 is 19.3 Å². The SMILES string of the molecule is CCCc1cccc(CCC(C(=O)O)c2ccccc2)c1-c1cc(OC)c(OC)c(OC)c1. The predicted octanol–water partition coefficient (Wildman–Crippen LogP) is 6.13. The summed E-state index contributed by atoms with van der Waals surface area (Å²) in [4.78, 5) is 12.0. The molecule has 33 heavy (non-hydrogen) atoms. The van der Waals surface area contributed by atoms with Gasteiger partial charge in [-0.1, -0.05) is 61.9 Å². The Bertz CT molecular complexity index is 1050. The zero-order valence-electron chi connectivity index (χ0n) is 19.8. The van der Waals surface area contributed by atoms with Gasteiger partial charge in [-0.05, 0) is 59.2 Å². The fraction of sp³-hybridized carbons (Fsp3) is 0.321. The average Bonchev–Trinajstić information content (AvgIpc) is 2.84. The molecule has 1 unspecified atom stereocenters. The van der Waals surface area contributed by atoms with Crippen LogP contribution < -0.4 is 14.2 Å². The molecule has 3 rings (SSSR count). The lowest BCUT2D eigenvalue weighted by Crippen LogP contribution is -2.13. The molecule has 1 N–H and O–H groups in total. The van der Waals surface area contributed by atoms with Gasteiger partial charge in [-0.3, -0.25) is 4.79 Å². The van der Waals surface area contributed by atoms with Crippen molar-refractivity contribution in [2.45, 2.75) is 38.5 Å². The van der Waals surface area contributed by atoms with E-state index >= 15 is 0 Å². The molecule has 0 aliphatic carbocycles. The van der Waals surface area contributed by atoms with Crippen molar-refractivity contribution < 1.29 is 24.1 Å². The molecule has 5 heteroatoms. The van der Waals surface area contributed by atoms with E-state index in [1.807, 2.05) is 42.5 Å². The van der Waals surface area contributed by atoms with Gasteiger partial charge >= 0.3 is 5.97 Å². The maximum Gasteiger partial charge on any atom is 0.310 e. The lowest BCUT2D eigenvalue weighted by Gasteiger charge is -2.20. The van der Waals surface area contributed by atoms with Crippen molar-refractivity contribution in [3.05, 3.63) is 77.4 Å². The van der Waals surface area contributed by atoms with Crippen molar-refractivity contribution in [3.8, 4) is 28.4 Å². The van der Waals surface area contributed by atoms with Gasteiger partial charge in [0, 0.05) is 0 Å². The van der Waals surface area contributed by atoms with Gasteiger partial charge in [0.2, 0.25) is 5.75 Å². The van der Waals surface area contributed by atoms with Crippen molar-refractivity contribution in [2.75, 3.05) is 21.3 Å². The van der Waals surface area contributed by atoms with Crippen LogP contribution in [0.25, 0.3) is 11.1 Å². The van der Waals surface area contributed by atoms with Gasteiger partial charge in [-0.2, -0.15) is 0 Å². The first-order valence-corrected chi connectivity index (χ1v) is 11.2. The Hall–Kier alpha value is -3.47. The highest BCUT2D eigenvalue weighted by Gasteiger charge is 2.22. The number of rotatable bonds is 11. The summed E-state index contributed by atoms with van der Waals surface area (Å²) in [6.45, 7) is 2.15. The van der Waals surface area contributed by atoms with Crippen LogP contribution >= 0.6 is 0 Å². The summed E-state index contributed by atoms with van der Waals surface area (Å²) >= 11 is 0. The molecule has 5 nitrogen and oxygen atoms in total. The zero-order valence-corrected chi connectivity index (χ0v) is 19.8. The van der Waals surface area contributed by atoms with Crippen LogP contribution in [0.2, 0.25) is 0 Å². The first-order valence-electron chi connectivity index (χ1n) is 11.2. The Kier molecular flexibility index (Phi) is 8.36. The van der Waals surface area contributed by atoms with Crippen molar-refractivity contribution >= 4 is 5.97 Å². The van der Waals surface area contributed by atoms with E-state index in [0.29, 0.717) is 30.1 Å². The summed E-state index contributed by atoms with van der Waals surface area (Å²) in [5, 5.41) is 9.88. The Balaban J connectivity index is 2.06. The lowest BCUT2D eigenvalue weighted by atomic mass is 9.86. The van der Waals surface area contributed by atoms with Crippen LogP contribution in [0.15, 0.2) is 60.7 Å². The van der Waals surface area contributed by atoms with Crippen molar-refractivity contribution in [1.82, 2.24) is 0 Å². The first kappa shape index (κ1) is 24.2. The Morgan fingerprint density at radius 1 is 0.848 bits per heavy atom. The van der Waals surface area contributed by atoms with Crippen LogP contribution in [0, 0.1) is 0 Å². The number of hydrogen-bond donors (Lipinski definition) is 1. The van der Waals surface area contributed by atoms with Gasteiger partial charge in [0.15, 0.2) is 11.5 Å². The van der Waals surface area contributed by atoms with E-state index in [-0.39, 0.29) is 0 Å². The van der Waals surface area contributed by atoms with E-state index in [1.54, 1.807) is 21.3 Å². The number of hydrogen-bond acceptors (Lipinski definition) is 4. The quantitative estimate of drug-likeness (QED) is 0.382. The number of methoxy groups -OCH3 is 3. The normalized spacial score (nSPS) is 11.6. The molecule has 0 aromatic heterocycles. The summed E-state index contributed by atoms with van der Waals surface area (Å²) in [7, 11) is 4.81. The number of carboxylic acids is 1. The minimum atomic E-state index is -0.805. The van der Waals surface area contributed by atoms with Gasteiger partial charge in [-0.15, -0.1) is 0 Å². The van der Waals surface area contributed by atoms with E-state index < -0.39 is 11.9 Å². The fourth-order valence-electron chi connectivity index (χ4n) is 4.35. The van der Waals surface area contributed by atoms with Gasteiger partial charge in [0.25, 0.3) is 0 Å². The third kappa shape index (κ3) is 5.48. The standard InChI is InChI=1S/C28H32O5/c1-5-10-20-13-9-14-21(15-16-23(28(29)30)19-11-7-6-8-12-19)26(20)22-17-24(31-2)27(33-4)25(18-22)32-3/h6-9,11-14,17-18,23H,5,10,15-16H2,1-4H3,(H,29,30). The monoisotopic (exact) mass is 448 g/mol. The molecule has 0 spiro atoms. The van der Waals surface area contributed by atoms with Gasteiger partial charge in [0.1, 0.15) is 0 Å². The van der Waals surface area contributed by atoms with E-state index in [4.69, 9.17) is 14.2 Å². The maximum atomic E-state index is 12.0. The van der Waals surface area contributed by atoms with Crippen LogP contribution in [0.4, 0.5) is 0 Å². The molecule has 0 saturated carbocycles. The molecule has 0 aliphatic heterocycles. The first-order chi connectivity index (χ1) is 16.0. The molecule has 0 heterocycles. The summed E-state index contributed by atoms with van der Waals surface area (Å²) in [5.41, 5.74) is 5.23. The molecule has 0 radical (unpaired) electrons. The van der Waals surface area contributed by atoms with Crippen LogP contribution in [-0.4, -0.2) is 32.4 Å². The zero-order chi connectivity index (χ0) is 23.8. The van der Waals surface area contributed by atoms with E-state index in [9.17, 15) is 9.90 Å². The highest BCUT2D eigenvalue weighted by atomic mass is 16.5. The highest BCUT2D eigenvalue weighted by molar-refractivity contribution is 5.78. The molecule has 174 valence electrons. The molecule has 3 aromatic carbocycles. The van der Waals surface area contributed by atoms with Crippen molar-refractivity contribution in [3.63, 3.8) is 0 Å². The third-order valence-corrected chi connectivity index (χ3v) is 5.91. The molecule has 0 fully saturated rings.